The second-order valence-corrected chi connectivity index (χ2v) is 9.06. The summed E-state index contributed by atoms with van der Waals surface area (Å²) in [6.45, 7) is 7.42. The van der Waals surface area contributed by atoms with Gasteiger partial charge in [0.25, 0.3) is 0 Å². The number of nitrogens with zero attached hydrogens (tertiary/aromatic N) is 3. The molecule has 4 heteroatoms. The molecule has 0 saturated carbocycles. The molecule has 2 heterocycles. The van der Waals surface area contributed by atoms with E-state index in [0.717, 1.165) is 44.7 Å². The van der Waals surface area contributed by atoms with Crippen LogP contribution in [0.5, 0.6) is 0 Å². The highest BCUT2D eigenvalue weighted by molar-refractivity contribution is 5.76. The number of imidazole rings is 1. The summed E-state index contributed by atoms with van der Waals surface area (Å²) in [4.78, 5) is 7.60. The molecule has 1 aliphatic rings. The molecule has 0 spiro atoms. The highest BCUT2D eigenvalue weighted by Gasteiger charge is 2.24. The molecule has 0 unspecified atom stereocenters. The molecule has 1 fully saturated rings. The number of benzene rings is 3. The van der Waals surface area contributed by atoms with Crippen LogP contribution in [0, 0.1) is 0 Å². The van der Waals surface area contributed by atoms with Crippen LogP contribution in [0.2, 0.25) is 0 Å². The lowest BCUT2D eigenvalue weighted by Crippen LogP contribution is -2.34. The molecule has 33 heavy (non-hydrogen) atoms. The SMILES string of the molecule is CCNCCc1nc2ccccc2n1C1CCN(Cc2cccc(-c3ccccc3)c2)CC1. The first kappa shape index (κ1) is 21.9. The number of hydrogen-bond donors (Lipinski definition) is 1. The minimum absolute atomic E-state index is 0.529. The molecular formula is C29H34N4. The molecule has 0 radical (unpaired) electrons. The van der Waals surface area contributed by atoms with Crippen LogP contribution in [0.15, 0.2) is 78.9 Å². The van der Waals surface area contributed by atoms with Gasteiger partial charge in [-0.2, -0.15) is 0 Å². The van der Waals surface area contributed by atoms with Crippen molar-refractivity contribution in [2.75, 3.05) is 26.2 Å². The Balaban J connectivity index is 1.27. The number of piperidine rings is 1. The molecule has 170 valence electrons. The number of likely N-dealkylation sites (tertiary alicyclic amines) is 1. The normalized spacial score (nSPS) is 15.3. The van der Waals surface area contributed by atoms with Crippen LogP contribution in [0.25, 0.3) is 22.2 Å². The van der Waals surface area contributed by atoms with Crippen molar-refractivity contribution >= 4 is 11.0 Å². The minimum Gasteiger partial charge on any atom is -0.325 e. The maximum atomic E-state index is 4.99. The summed E-state index contributed by atoms with van der Waals surface area (Å²) in [5.41, 5.74) is 6.41. The van der Waals surface area contributed by atoms with Gasteiger partial charge in [-0.05, 0) is 54.3 Å². The fourth-order valence-electron chi connectivity index (χ4n) is 5.13. The van der Waals surface area contributed by atoms with E-state index in [1.807, 2.05) is 0 Å². The molecule has 1 aliphatic heterocycles. The van der Waals surface area contributed by atoms with Crippen LogP contribution in [0.4, 0.5) is 0 Å². The number of hydrogen-bond acceptors (Lipinski definition) is 3. The largest absolute Gasteiger partial charge is 0.325 e. The summed E-state index contributed by atoms with van der Waals surface area (Å²) in [5, 5.41) is 3.46. The summed E-state index contributed by atoms with van der Waals surface area (Å²) in [7, 11) is 0. The van der Waals surface area contributed by atoms with Gasteiger partial charge in [0.05, 0.1) is 11.0 Å². The molecule has 5 rings (SSSR count). The van der Waals surface area contributed by atoms with Gasteiger partial charge in [0.15, 0.2) is 0 Å². The second-order valence-electron chi connectivity index (χ2n) is 9.06. The zero-order valence-electron chi connectivity index (χ0n) is 19.6. The quantitative estimate of drug-likeness (QED) is 0.359. The second kappa shape index (κ2) is 10.3. The fraction of sp³-hybridized carbons (Fsp3) is 0.345. The summed E-state index contributed by atoms with van der Waals surface area (Å²) < 4.78 is 2.54. The number of rotatable bonds is 8. The predicted molar refractivity (Wildman–Crippen MR) is 137 cm³/mol. The summed E-state index contributed by atoms with van der Waals surface area (Å²) in [6, 6.07) is 28.8. The van der Waals surface area contributed by atoms with Gasteiger partial charge in [-0.3, -0.25) is 4.90 Å². The Labute approximate surface area is 197 Å². The number of likely N-dealkylation sites (N-methyl/N-ethyl adjacent to an activating group) is 1. The number of aromatic nitrogens is 2. The third-order valence-corrected chi connectivity index (χ3v) is 6.81. The van der Waals surface area contributed by atoms with Gasteiger partial charge >= 0.3 is 0 Å². The maximum Gasteiger partial charge on any atom is 0.111 e. The summed E-state index contributed by atoms with van der Waals surface area (Å²) in [5.74, 6) is 1.23. The van der Waals surface area contributed by atoms with E-state index in [0.29, 0.717) is 6.04 Å². The first-order valence-corrected chi connectivity index (χ1v) is 12.3. The van der Waals surface area contributed by atoms with Crippen molar-refractivity contribution in [3.8, 4) is 11.1 Å². The number of para-hydroxylation sites is 2. The fourth-order valence-corrected chi connectivity index (χ4v) is 5.13. The van der Waals surface area contributed by atoms with Crippen LogP contribution in [0.3, 0.4) is 0 Å². The average molecular weight is 439 g/mol. The van der Waals surface area contributed by atoms with E-state index in [9.17, 15) is 0 Å². The van der Waals surface area contributed by atoms with E-state index in [4.69, 9.17) is 4.98 Å². The summed E-state index contributed by atoms with van der Waals surface area (Å²) in [6.07, 6.45) is 3.33. The lowest BCUT2D eigenvalue weighted by molar-refractivity contribution is 0.180. The Morgan fingerprint density at radius 1 is 0.879 bits per heavy atom. The molecule has 3 aromatic carbocycles. The van der Waals surface area contributed by atoms with Gasteiger partial charge in [0.2, 0.25) is 0 Å². The van der Waals surface area contributed by atoms with Crippen LogP contribution in [0.1, 0.15) is 37.2 Å². The zero-order valence-corrected chi connectivity index (χ0v) is 19.6. The molecule has 0 aliphatic carbocycles. The van der Waals surface area contributed by atoms with Crippen molar-refractivity contribution in [3.63, 3.8) is 0 Å². The number of nitrogens with one attached hydrogen (secondary N) is 1. The van der Waals surface area contributed by atoms with E-state index in [1.54, 1.807) is 0 Å². The Hall–Kier alpha value is -2.95. The van der Waals surface area contributed by atoms with Crippen LogP contribution >= 0.6 is 0 Å². The van der Waals surface area contributed by atoms with Crippen molar-refractivity contribution in [1.82, 2.24) is 19.8 Å². The van der Waals surface area contributed by atoms with Crippen LogP contribution < -0.4 is 5.32 Å². The smallest absolute Gasteiger partial charge is 0.111 e. The van der Waals surface area contributed by atoms with E-state index in [-0.39, 0.29) is 0 Å². The monoisotopic (exact) mass is 438 g/mol. The molecule has 4 aromatic rings. The molecule has 0 bridgehead atoms. The maximum absolute atomic E-state index is 4.99. The van der Waals surface area contributed by atoms with Crippen molar-refractivity contribution in [3.05, 3.63) is 90.3 Å². The lowest BCUT2D eigenvalue weighted by Gasteiger charge is -2.33. The third kappa shape index (κ3) is 5.02. The highest BCUT2D eigenvalue weighted by Crippen LogP contribution is 2.30. The van der Waals surface area contributed by atoms with Crippen molar-refractivity contribution in [2.24, 2.45) is 0 Å². The van der Waals surface area contributed by atoms with Gasteiger partial charge in [0.1, 0.15) is 5.82 Å². The Kier molecular flexibility index (Phi) is 6.84. The topological polar surface area (TPSA) is 33.1 Å². The predicted octanol–water partition coefficient (Wildman–Crippen LogP) is 5.69. The van der Waals surface area contributed by atoms with E-state index < -0.39 is 0 Å². The Morgan fingerprint density at radius 2 is 1.64 bits per heavy atom. The molecular weight excluding hydrogens is 404 g/mol. The molecule has 4 nitrogen and oxygen atoms in total. The van der Waals surface area contributed by atoms with Crippen LogP contribution in [-0.4, -0.2) is 40.6 Å². The lowest BCUT2D eigenvalue weighted by atomic mass is 10.0. The molecule has 1 N–H and O–H groups in total. The first-order valence-electron chi connectivity index (χ1n) is 12.3. The first-order chi connectivity index (χ1) is 16.3. The molecule has 1 saturated heterocycles. The van der Waals surface area contributed by atoms with Crippen molar-refractivity contribution < 1.29 is 0 Å². The molecule has 0 amide bonds. The zero-order chi connectivity index (χ0) is 22.5. The molecule has 1 aromatic heterocycles. The van der Waals surface area contributed by atoms with Gasteiger partial charge in [0, 0.05) is 38.6 Å². The minimum atomic E-state index is 0.529. The van der Waals surface area contributed by atoms with E-state index in [2.05, 4.69) is 101 Å². The highest BCUT2D eigenvalue weighted by atomic mass is 15.2. The Bertz CT molecular complexity index is 1170. The van der Waals surface area contributed by atoms with Gasteiger partial charge in [-0.1, -0.05) is 67.6 Å². The number of fused-ring (bicyclic) bond motifs is 1. The van der Waals surface area contributed by atoms with Gasteiger partial charge in [-0.25, -0.2) is 4.98 Å². The molecule has 0 atom stereocenters. The standard InChI is InChI=1S/C29H34N4/c1-2-30-18-15-29-31-27-13-6-7-14-28(27)33(29)26-16-19-32(20-17-26)22-23-9-8-12-25(21-23)24-10-4-3-5-11-24/h3-14,21,26,30H,2,15-20,22H2,1H3. The summed E-state index contributed by atoms with van der Waals surface area (Å²) >= 11 is 0. The Morgan fingerprint density at radius 3 is 2.45 bits per heavy atom. The van der Waals surface area contributed by atoms with Crippen LogP contribution in [-0.2, 0) is 13.0 Å². The van der Waals surface area contributed by atoms with Gasteiger partial charge < -0.3 is 9.88 Å². The van der Waals surface area contributed by atoms with Crippen molar-refractivity contribution in [1.29, 1.82) is 0 Å². The van der Waals surface area contributed by atoms with Crippen molar-refractivity contribution in [2.45, 2.75) is 38.8 Å². The van der Waals surface area contributed by atoms with Gasteiger partial charge in [-0.15, -0.1) is 0 Å². The van der Waals surface area contributed by atoms with E-state index >= 15 is 0 Å². The third-order valence-electron chi connectivity index (χ3n) is 6.81. The van der Waals surface area contributed by atoms with E-state index in [1.165, 1.54) is 40.9 Å². The average Bonchev–Trinajstić information content (AvgIpc) is 3.24.